The van der Waals surface area contributed by atoms with E-state index in [1.165, 1.54) is 18.2 Å². The highest BCUT2D eigenvalue weighted by Crippen LogP contribution is 2.12. The van der Waals surface area contributed by atoms with Gasteiger partial charge >= 0.3 is 5.97 Å². The maximum Gasteiger partial charge on any atom is 0.326 e. The third kappa shape index (κ3) is 3.34. The van der Waals surface area contributed by atoms with Gasteiger partial charge in [0.05, 0.1) is 12.7 Å². The van der Waals surface area contributed by atoms with Crippen molar-refractivity contribution in [1.29, 1.82) is 0 Å². The van der Waals surface area contributed by atoms with Crippen LogP contribution >= 0.6 is 0 Å². The maximum absolute atomic E-state index is 11.9. The van der Waals surface area contributed by atoms with E-state index in [1.807, 2.05) is 0 Å². The molecule has 0 saturated carbocycles. The van der Waals surface area contributed by atoms with Gasteiger partial charge in [-0.1, -0.05) is 13.8 Å². The van der Waals surface area contributed by atoms with Crippen molar-refractivity contribution in [3.8, 4) is 0 Å². The third-order valence-corrected chi connectivity index (χ3v) is 2.60. The number of hydrogen-bond acceptors (Lipinski definition) is 3. The van der Waals surface area contributed by atoms with E-state index in [0.29, 0.717) is 5.76 Å². The number of rotatable bonds is 5. The molecule has 1 N–H and O–H groups in total. The monoisotopic (exact) mass is 239 g/mol. The zero-order valence-electron chi connectivity index (χ0n) is 10.2. The first kappa shape index (κ1) is 13.3. The number of hydrogen-bond donors (Lipinski definition) is 1. The second-order valence-corrected chi connectivity index (χ2v) is 4.29. The lowest BCUT2D eigenvalue weighted by Crippen LogP contribution is -2.46. The van der Waals surface area contributed by atoms with Crippen LogP contribution in [-0.2, 0) is 16.0 Å². The van der Waals surface area contributed by atoms with Crippen LogP contribution in [0.2, 0.25) is 0 Å². The lowest BCUT2D eigenvalue weighted by atomic mass is 10.0. The highest BCUT2D eigenvalue weighted by molar-refractivity contribution is 5.84. The zero-order chi connectivity index (χ0) is 13.0. The molecule has 17 heavy (non-hydrogen) atoms. The van der Waals surface area contributed by atoms with E-state index < -0.39 is 12.0 Å². The van der Waals surface area contributed by atoms with Crippen LogP contribution in [-0.4, -0.2) is 35.0 Å². The predicted octanol–water partition coefficient (Wildman–Crippen LogP) is 1.39. The van der Waals surface area contributed by atoms with Crippen LogP contribution < -0.4 is 0 Å². The molecule has 0 aliphatic rings. The van der Waals surface area contributed by atoms with Crippen LogP contribution in [0.3, 0.4) is 0 Å². The molecule has 1 aromatic rings. The van der Waals surface area contributed by atoms with E-state index in [4.69, 9.17) is 9.52 Å². The zero-order valence-corrected chi connectivity index (χ0v) is 10.2. The van der Waals surface area contributed by atoms with Crippen molar-refractivity contribution in [2.75, 3.05) is 7.05 Å². The Kier molecular flexibility index (Phi) is 4.31. The normalized spacial score (nSPS) is 12.5. The fourth-order valence-electron chi connectivity index (χ4n) is 1.74. The molecule has 0 spiro atoms. The Hall–Kier alpha value is -1.78. The van der Waals surface area contributed by atoms with Gasteiger partial charge in [0.2, 0.25) is 5.91 Å². The number of carbonyl (C=O) groups excluding carboxylic acids is 1. The summed E-state index contributed by atoms with van der Waals surface area (Å²) in [6.07, 6.45) is 1.57. The number of likely N-dealkylation sites (N-methyl/N-ethyl adjacent to an activating group) is 1. The Balaban J connectivity index is 2.70. The van der Waals surface area contributed by atoms with Gasteiger partial charge < -0.3 is 14.4 Å². The van der Waals surface area contributed by atoms with Crippen molar-refractivity contribution in [2.45, 2.75) is 26.3 Å². The minimum absolute atomic E-state index is 0.0833. The van der Waals surface area contributed by atoms with Crippen LogP contribution in [0.15, 0.2) is 22.8 Å². The fraction of sp³-hybridized carbons (Fsp3) is 0.500. The molecule has 0 aliphatic carbocycles. The van der Waals surface area contributed by atoms with Crippen LogP contribution in [0.1, 0.15) is 19.6 Å². The molecule has 0 fully saturated rings. The van der Waals surface area contributed by atoms with E-state index in [-0.39, 0.29) is 18.2 Å². The van der Waals surface area contributed by atoms with Gasteiger partial charge in [-0.2, -0.15) is 0 Å². The van der Waals surface area contributed by atoms with E-state index in [0.717, 1.165) is 0 Å². The number of carboxylic acid groups (broad SMARTS) is 1. The van der Waals surface area contributed by atoms with Crippen LogP contribution in [0.25, 0.3) is 0 Å². The average Bonchev–Trinajstić information content (AvgIpc) is 2.68. The molecule has 0 bridgehead atoms. The standard InChI is InChI=1S/C12H17NO4/c1-8(2)11(12(15)16)13(3)10(14)7-9-5-4-6-17-9/h4-6,8,11H,7H2,1-3H3,(H,15,16). The molecule has 5 heteroatoms. The summed E-state index contributed by atoms with van der Waals surface area (Å²) < 4.78 is 5.06. The quantitative estimate of drug-likeness (QED) is 0.842. The Labute approximate surface area is 100 Å². The van der Waals surface area contributed by atoms with Gasteiger partial charge in [-0.3, -0.25) is 4.79 Å². The SMILES string of the molecule is CC(C)C(C(=O)O)N(C)C(=O)Cc1ccco1. The van der Waals surface area contributed by atoms with Gasteiger partial charge in [0.1, 0.15) is 11.8 Å². The molecule has 1 atom stereocenters. The highest BCUT2D eigenvalue weighted by atomic mass is 16.4. The second kappa shape index (κ2) is 5.52. The highest BCUT2D eigenvalue weighted by Gasteiger charge is 2.29. The van der Waals surface area contributed by atoms with Crippen molar-refractivity contribution in [3.05, 3.63) is 24.2 Å². The molecule has 0 aliphatic heterocycles. The Bertz CT molecular complexity index is 383. The molecule has 94 valence electrons. The van der Waals surface area contributed by atoms with Crippen molar-refractivity contribution >= 4 is 11.9 Å². The van der Waals surface area contributed by atoms with Gasteiger partial charge in [-0.15, -0.1) is 0 Å². The lowest BCUT2D eigenvalue weighted by molar-refractivity contribution is -0.150. The van der Waals surface area contributed by atoms with E-state index in [1.54, 1.807) is 26.0 Å². The summed E-state index contributed by atoms with van der Waals surface area (Å²) in [5.41, 5.74) is 0. The Morgan fingerprint density at radius 1 is 1.47 bits per heavy atom. The van der Waals surface area contributed by atoms with Gasteiger partial charge in [-0.25, -0.2) is 4.79 Å². The van der Waals surface area contributed by atoms with Crippen molar-refractivity contribution in [1.82, 2.24) is 4.90 Å². The molecule has 1 heterocycles. The molecule has 0 radical (unpaired) electrons. The fourth-order valence-corrected chi connectivity index (χ4v) is 1.74. The van der Waals surface area contributed by atoms with E-state index >= 15 is 0 Å². The van der Waals surface area contributed by atoms with Crippen LogP contribution in [0.5, 0.6) is 0 Å². The summed E-state index contributed by atoms with van der Waals surface area (Å²) in [5, 5.41) is 9.07. The number of amides is 1. The van der Waals surface area contributed by atoms with Crippen LogP contribution in [0, 0.1) is 5.92 Å². The topological polar surface area (TPSA) is 70.8 Å². The lowest BCUT2D eigenvalue weighted by Gasteiger charge is -2.27. The smallest absolute Gasteiger partial charge is 0.326 e. The first-order chi connectivity index (χ1) is 7.93. The summed E-state index contributed by atoms with van der Waals surface area (Å²) in [7, 11) is 1.50. The summed E-state index contributed by atoms with van der Waals surface area (Å²) >= 11 is 0. The van der Waals surface area contributed by atoms with Crippen molar-refractivity contribution in [3.63, 3.8) is 0 Å². The average molecular weight is 239 g/mol. The van der Waals surface area contributed by atoms with Gasteiger partial charge in [0.25, 0.3) is 0 Å². The summed E-state index contributed by atoms with van der Waals surface area (Å²) in [4.78, 5) is 24.2. The first-order valence-corrected chi connectivity index (χ1v) is 5.44. The molecule has 1 unspecified atom stereocenters. The van der Waals surface area contributed by atoms with Crippen molar-refractivity contribution < 1.29 is 19.1 Å². The minimum atomic E-state index is -0.990. The number of furan rings is 1. The Morgan fingerprint density at radius 3 is 2.53 bits per heavy atom. The molecule has 1 rings (SSSR count). The predicted molar refractivity (Wildman–Crippen MR) is 61.4 cm³/mol. The molecule has 0 saturated heterocycles. The van der Waals surface area contributed by atoms with E-state index in [2.05, 4.69) is 0 Å². The van der Waals surface area contributed by atoms with Gasteiger partial charge in [0.15, 0.2) is 0 Å². The number of carboxylic acids is 1. The van der Waals surface area contributed by atoms with E-state index in [9.17, 15) is 9.59 Å². The largest absolute Gasteiger partial charge is 0.480 e. The third-order valence-electron chi connectivity index (χ3n) is 2.60. The van der Waals surface area contributed by atoms with Gasteiger partial charge in [0, 0.05) is 7.05 Å². The molecular weight excluding hydrogens is 222 g/mol. The molecule has 5 nitrogen and oxygen atoms in total. The summed E-state index contributed by atoms with van der Waals surface area (Å²) in [5.74, 6) is -0.857. The molecule has 0 aromatic carbocycles. The second-order valence-electron chi connectivity index (χ2n) is 4.29. The first-order valence-electron chi connectivity index (χ1n) is 5.44. The number of aliphatic carboxylic acids is 1. The maximum atomic E-state index is 11.9. The molecule has 1 amide bonds. The minimum Gasteiger partial charge on any atom is -0.480 e. The summed E-state index contributed by atoms with van der Waals surface area (Å²) in [6, 6.07) is 2.58. The molecular formula is C12H17NO4. The van der Waals surface area contributed by atoms with Crippen molar-refractivity contribution in [2.24, 2.45) is 5.92 Å². The molecule has 1 aromatic heterocycles. The number of nitrogens with zero attached hydrogens (tertiary/aromatic N) is 1. The Morgan fingerprint density at radius 2 is 2.12 bits per heavy atom. The van der Waals surface area contributed by atoms with Crippen LogP contribution in [0.4, 0.5) is 0 Å². The summed E-state index contributed by atoms with van der Waals surface area (Å²) in [6.45, 7) is 3.55. The number of carbonyl (C=O) groups is 2. The van der Waals surface area contributed by atoms with Gasteiger partial charge in [-0.05, 0) is 18.1 Å².